The lowest BCUT2D eigenvalue weighted by Gasteiger charge is -2.12. The van der Waals surface area contributed by atoms with Crippen molar-refractivity contribution in [3.05, 3.63) is 41.5 Å². The number of pyridine rings is 1. The maximum Gasteiger partial charge on any atom is 0.221 e. The van der Waals surface area contributed by atoms with Crippen LogP contribution in [-0.2, 0) is 12.8 Å². The average molecular weight is 286 g/mol. The highest BCUT2D eigenvalue weighted by molar-refractivity contribution is 5.48. The number of nitrogens with one attached hydrogen (secondary N) is 1. The van der Waals surface area contributed by atoms with E-state index in [2.05, 4.69) is 27.2 Å². The van der Waals surface area contributed by atoms with Crippen molar-refractivity contribution >= 4 is 5.82 Å². The summed E-state index contributed by atoms with van der Waals surface area (Å²) in [5.74, 6) is 2.32. The van der Waals surface area contributed by atoms with Gasteiger partial charge in [0.2, 0.25) is 5.88 Å². The molecule has 0 bridgehead atoms. The van der Waals surface area contributed by atoms with Gasteiger partial charge in [-0.05, 0) is 25.5 Å². The summed E-state index contributed by atoms with van der Waals surface area (Å²) < 4.78 is 5.84. The van der Waals surface area contributed by atoms with Gasteiger partial charge in [-0.1, -0.05) is 13.0 Å². The Balaban J connectivity index is 2.06. The van der Waals surface area contributed by atoms with Gasteiger partial charge in [0.1, 0.15) is 11.6 Å². The minimum atomic E-state index is 0.559. The zero-order valence-electron chi connectivity index (χ0n) is 12.9. The molecule has 5 heteroatoms. The van der Waals surface area contributed by atoms with Gasteiger partial charge in [0.25, 0.3) is 0 Å². The molecule has 1 N–H and O–H groups in total. The molecule has 5 nitrogen and oxygen atoms in total. The Morgan fingerprint density at radius 1 is 1.19 bits per heavy atom. The highest BCUT2D eigenvalue weighted by atomic mass is 16.5. The first-order valence-corrected chi connectivity index (χ1v) is 7.32. The van der Waals surface area contributed by atoms with Crippen LogP contribution in [0.25, 0.3) is 0 Å². The minimum absolute atomic E-state index is 0.559. The number of ether oxygens (including phenoxy) is 1. The van der Waals surface area contributed by atoms with Gasteiger partial charge < -0.3 is 10.1 Å². The van der Waals surface area contributed by atoms with Crippen molar-refractivity contribution in [3.63, 3.8) is 0 Å². The lowest BCUT2D eigenvalue weighted by Crippen LogP contribution is -2.09. The SMILES string of the molecule is CCCc1nc(NC)c(C)c(OCCc2ccccn2)n1. The van der Waals surface area contributed by atoms with E-state index in [9.17, 15) is 0 Å². The van der Waals surface area contributed by atoms with Crippen LogP contribution < -0.4 is 10.1 Å². The van der Waals surface area contributed by atoms with Crippen LogP contribution in [0.4, 0.5) is 5.82 Å². The molecule has 0 saturated carbocycles. The molecule has 2 aromatic rings. The second kappa shape index (κ2) is 7.57. The molecule has 0 atom stereocenters. The first-order valence-electron chi connectivity index (χ1n) is 7.32. The monoisotopic (exact) mass is 286 g/mol. The van der Waals surface area contributed by atoms with E-state index in [4.69, 9.17) is 4.74 Å². The molecular weight excluding hydrogens is 264 g/mol. The maximum atomic E-state index is 5.84. The first kappa shape index (κ1) is 15.2. The third-order valence-corrected chi connectivity index (χ3v) is 3.18. The molecule has 0 saturated heterocycles. The van der Waals surface area contributed by atoms with E-state index < -0.39 is 0 Å². The van der Waals surface area contributed by atoms with Crippen LogP contribution >= 0.6 is 0 Å². The van der Waals surface area contributed by atoms with Gasteiger partial charge in [0.15, 0.2) is 0 Å². The predicted octanol–water partition coefficient (Wildman–Crippen LogP) is 2.80. The summed E-state index contributed by atoms with van der Waals surface area (Å²) in [4.78, 5) is 13.3. The molecule has 21 heavy (non-hydrogen) atoms. The van der Waals surface area contributed by atoms with Crippen molar-refractivity contribution in [3.8, 4) is 5.88 Å². The Morgan fingerprint density at radius 2 is 2.05 bits per heavy atom. The van der Waals surface area contributed by atoms with Crippen molar-refractivity contribution in [2.45, 2.75) is 33.1 Å². The molecule has 0 aromatic carbocycles. The Bertz CT molecular complexity index is 572. The molecule has 0 radical (unpaired) electrons. The third kappa shape index (κ3) is 4.15. The van der Waals surface area contributed by atoms with E-state index in [0.29, 0.717) is 12.5 Å². The second-order valence-electron chi connectivity index (χ2n) is 4.84. The maximum absolute atomic E-state index is 5.84. The standard InChI is InChI=1S/C16H22N4O/c1-4-7-14-19-15(17-3)12(2)16(20-14)21-11-9-13-8-5-6-10-18-13/h5-6,8,10H,4,7,9,11H2,1-3H3,(H,17,19,20). The summed E-state index contributed by atoms with van der Waals surface area (Å²) in [5, 5.41) is 3.10. The highest BCUT2D eigenvalue weighted by Crippen LogP contribution is 2.22. The van der Waals surface area contributed by atoms with E-state index >= 15 is 0 Å². The van der Waals surface area contributed by atoms with Crippen LogP contribution in [0.1, 0.15) is 30.4 Å². The molecule has 0 aliphatic carbocycles. The quantitative estimate of drug-likeness (QED) is 0.848. The van der Waals surface area contributed by atoms with E-state index in [-0.39, 0.29) is 0 Å². The number of rotatable bonds is 7. The molecule has 0 fully saturated rings. The summed E-state index contributed by atoms with van der Waals surface area (Å²) in [6.45, 7) is 4.64. The number of hydrogen-bond acceptors (Lipinski definition) is 5. The van der Waals surface area contributed by atoms with Crippen LogP contribution in [0.5, 0.6) is 5.88 Å². The minimum Gasteiger partial charge on any atom is -0.477 e. The normalized spacial score (nSPS) is 10.4. The third-order valence-electron chi connectivity index (χ3n) is 3.18. The van der Waals surface area contributed by atoms with Crippen LogP contribution in [0.15, 0.2) is 24.4 Å². The van der Waals surface area contributed by atoms with Gasteiger partial charge in [-0.2, -0.15) is 4.98 Å². The zero-order chi connectivity index (χ0) is 15.1. The summed E-state index contributed by atoms with van der Waals surface area (Å²) in [7, 11) is 1.86. The lowest BCUT2D eigenvalue weighted by molar-refractivity contribution is 0.304. The molecule has 0 unspecified atom stereocenters. The van der Waals surface area contributed by atoms with Crippen molar-refractivity contribution < 1.29 is 4.74 Å². The van der Waals surface area contributed by atoms with Crippen molar-refractivity contribution in [2.24, 2.45) is 0 Å². The smallest absolute Gasteiger partial charge is 0.221 e. The molecule has 0 amide bonds. The summed E-state index contributed by atoms with van der Waals surface area (Å²) in [6.07, 6.45) is 4.43. The van der Waals surface area contributed by atoms with Crippen LogP contribution in [0, 0.1) is 6.92 Å². The van der Waals surface area contributed by atoms with Crippen molar-refractivity contribution in [1.82, 2.24) is 15.0 Å². The Labute approximate surface area is 125 Å². The number of anilines is 1. The number of aryl methyl sites for hydroxylation is 1. The Morgan fingerprint density at radius 3 is 2.71 bits per heavy atom. The van der Waals surface area contributed by atoms with E-state index in [1.807, 2.05) is 32.2 Å². The topological polar surface area (TPSA) is 59.9 Å². The first-order chi connectivity index (χ1) is 10.2. The molecule has 0 spiro atoms. The Hall–Kier alpha value is -2.17. The predicted molar refractivity (Wildman–Crippen MR) is 83.7 cm³/mol. The van der Waals surface area contributed by atoms with Crippen molar-refractivity contribution in [2.75, 3.05) is 19.0 Å². The molecule has 2 heterocycles. The van der Waals surface area contributed by atoms with Crippen LogP contribution in [0.3, 0.4) is 0 Å². The van der Waals surface area contributed by atoms with Gasteiger partial charge >= 0.3 is 0 Å². The van der Waals surface area contributed by atoms with E-state index in [0.717, 1.165) is 42.2 Å². The highest BCUT2D eigenvalue weighted by Gasteiger charge is 2.11. The number of aromatic nitrogens is 3. The summed E-state index contributed by atoms with van der Waals surface area (Å²) in [6, 6.07) is 5.89. The van der Waals surface area contributed by atoms with E-state index in [1.54, 1.807) is 6.20 Å². The van der Waals surface area contributed by atoms with Crippen LogP contribution in [0.2, 0.25) is 0 Å². The zero-order valence-corrected chi connectivity index (χ0v) is 12.9. The molecular formula is C16H22N4O. The van der Waals surface area contributed by atoms with Gasteiger partial charge in [0.05, 0.1) is 12.2 Å². The summed E-state index contributed by atoms with van der Waals surface area (Å²) in [5.41, 5.74) is 1.96. The molecule has 0 aliphatic rings. The van der Waals surface area contributed by atoms with Gasteiger partial charge in [-0.25, -0.2) is 4.98 Å². The number of nitrogens with zero attached hydrogens (tertiary/aromatic N) is 3. The molecule has 112 valence electrons. The average Bonchev–Trinajstić information content (AvgIpc) is 2.51. The number of hydrogen-bond donors (Lipinski definition) is 1. The van der Waals surface area contributed by atoms with E-state index in [1.165, 1.54) is 0 Å². The largest absolute Gasteiger partial charge is 0.477 e. The lowest BCUT2D eigenvalue weighted by atomic mass is 10.2. The summed E-state index contributed by atoms with van der Waals surface area (Å²) >= 11 is 0. The molecule has 0 aliphatic heterocycles. The molecule has 2 aromatic heterocycles. The fourth-order valence-electron chi connectivity index (χ4n) is 2.06. The molecule has 2 rings (SSSR count). The van der Waals surface area contributed by atoms with Gasteiger partial charge in [-0.15, -0.1) is 0 Å². The van der Waals surface area contributed by atoms with Gasteiger partial charge in [0, 0.05) is 31.8 Å². The van der Waals surface area contributed by atoms with Crippen molar-refractivity contribution in [1.29, 1.82) is 0 Å². The van der Waals surface area contributed by atoms with Crippen LogP contribution in [-0.4, -0.2) is 28.6 Å². The fraction of sp³-hybridized carbons (Fsp3) is 0.438. The Kier molecular flexibility index (Phi) is 5.49. The van der Waals surface area contributed by atoms with Gasteiger partial charge in [-0.3, -0.25) is 4.98 Å². The fourth-order valence-corrected chi connectivity index (χ4v) is 2.06. The second-order valence-corrected chi connectivity index (χ2v) is 4.84.